The van der Waals surface area contributed by atoms with Gasteiger partial charge in [-0.15, -0.1) is 19.0 Å². The van der Waals surface area contributed by atoms with Crippen molar-refractivity contribution in [2.45, 2.75) is 19.4 Å². The van der Waals surface area contributed by atoms with E-state index in [1.165, 1.54) is 12.1 Å². The van der Waals surface area contributed by atoms with Crippen LogP contribution in [0, 0.1) is 12.7 Å². The van der Waals surface area contributed by atoms with Crippen LogP contribution in [0.5, 0.6) is 5.75 Å². The van der Waals surface area contributed by atoms with E-state index in [2.05, 4.69) is 16.8 Å². The Morgan fingerprint density at radius 3 is 2.70 bits per heavy atom. The highest BCUT2D eigenvalue weighted by molar-refractivity contribution is 5.85. The average Bonchev–Trinajstić information content (AvgIpc) is 2.41. The van der Waals surface area contributed by atoms with Crippen LogP contribution in [0.15, 0.2) is 24.8 Å². The van der Waals surface area contributed by atoms with Crippen LogP contribution >= 0.6 is 12.4 Å². The van der Waals surface area contributed by atoms with Crippen molar-refractivity contribution in [2.75, 3.05) is 26.2 Å². The number of aromatic hydroxyl groups is 1. The average molecular weight is 301 g/mol. The molecule has 1 atom stereocenters. The van der Waals surface area contributed by atoms with Crippen LogP contribution in [0.1, 0.15) is 23.6 Å². The van der Waals surface area contributed by atoms with Gasteiger partial charge in [-0.3, -0.25) is 4.90 Å². The van der Waals surface area contributed by atoms with Crippen molar-refractivity contribution in [1.29, 1.82) is 0 Å². The van der Waals surface area contributed by atoms with Gasteiger partial charge in [-0.05, 0) is 31.0 Å². The molecule has 112 valence electrons. The zero-order valence-corrected chi connectivity index (χ0v) is 12.5. The number of aryl methyl sites for hydroxylation is 1. The van der Waals surface area contributed by atoms with E-state index in [1.54, 1.807) is 6.92 Å². The minimum absolute atomic E-state index is 0. The van der Waals surface area contributed by atoms with Crippen LogP contribution in [0.4, 0.5) is 4.39 Å². The largest absolute Gasteiger partial charge is 0.507 e. The van der Waals surface area contributed by atoms with Gasteiger partial charge in [0.1, 0.15) is 11.6 Å². The third kappa shape index (κ3) is 3.72. The molecule has 0 saturated carbocycles. The first-order valence-corrected chi connectivity index (χ1v) is 6.68. The smallest absolute Gasteiger partial charge is 0.124 e. The molecule has 0 aliphatic carbocycles. The third-order valence-corrected chi connectivity index (χ3v) is 3.64. The summed E-state index contributed by atoms with van der Waals surface area (Å²) in [6.45, 7) is 9.14. The lowest BCUT2D eigenvalue weighted by Crippen LogP contribution is -2.45. The molecule has 0 aromatic heterocycles. The fraction of sp³-hybridized carbons (Fsp3) is 0.467. The van der Waals surface area contributed by atoms with E-state index < -0.39 is 0 Å². The van der Waals surface area contributed by atoms with E-state index in [-0.39, 0.29) is 30.0 Å². The number of halogens is 2. The second-order valence-electron chi connectivity index (χ2n) is 4.99. The summed E-state index contributed by atoms with van der Waals surface area (Å²) in [5.41, 5.74) is 1.25. The lowest BCUT2D eigenvalue weighted by Gasteiger charge is -2.35. The number of hydrogen-bond acceptors (Lipinski definition) is 3. The molecule has 1 aromatic rings. The molecule has 2 N–H and O–H groups in total. The Morgan fingerprint density at radius 2 is 2.10 bits per heavy atom. The quantitative estimate of drug-likeness (QED) is 0.839. The molecule has 1 saturated heterocycles. The van der Waals surface area contributed by atoms with Crippen LogP contribution in [-0.4, -0.2) is 36.2 Å². The number of benzene rings is 1. The van der Waals surface area contributed by atoms with E-state index in [0.717, 1.165) is 26.2 Å². The first-order chi connectivity index (χ1) is 9.13. The number of piperazine rings is 1. The molecule has 0 bridgehead atoms. The molecule has 1 aliphatic rings. The SMILES string of the molecule is C=CC[C@H](c1cc(F)cc(C)c1O)N1CCNCC1.Cl. The Balaban J connectivity index is 0.00000200. The predicted octanol–water partition coefficient (Wildman–Crippen LogP) is 2.78. The molecule has 1 aliphatic heterocycles. The lowest BCUT2D eigenvalue weighted by atomic mass is 9.97. The molecule has 1 heterocycles. The van der Waals surface area contributed by atoms with Gasteiger partial charge in [0.25, 0.3) is 0 Å². The number of nitrogens with zero attached hydrogens (tertiary/aromatic N) is 1. The first kappa shape index (κ1) is 17.0. The van der Waals surface area contributed by atoms with Crippen molar-refractivity contribution < 1.29 is 9.50 Å². The Hall–Kier alpha value is -1.10. The minimum atomic E-state index is -0.297. The van der Waals surface area contributed by atoms with E-state index in [9.17, 15) is 9.50 Å². The number of phenolic OH excluding ortho intramolecular Hbond substituents is 1. The van der Waals surface area contributed by atoms with Gasteiger partial charge in [-0.1, -0.05) is 6.08 Å². The molecule has 0 amide bonds. The molecular weight excluding hydrogens is 279 g/mol. The van der Waals surface area contributed by atoms with Crippen molar-refractivity contribution in [1.82, 2.24) is 10.2 Å². The lowest BCUT2D eigenvalue weighted by molar-refractivity contribution is 0.171. The Morgan fingerprint density at radius 1 is 1.45 bits per heavy atom. The zero-order valence-electron chi connectivity index (χ0n) is 11.7. The summed E-state index contributed by atoms with van der Waals surface area (Å²) in [5.74, 6) is -0.0960. The maximum absolute atomic E-state index is 13.6. The first-order valence-electron chi connectivity index (χ1n) is 6.68. The Labute approximate surface area is 125 Å². The maximum atomic E-state index is 13.6. The molecule has 1 aromatic carbocycles. The fourth-order valence-electron chi connectivity index (χ4n) is 2.64. The number of phenols is 1. The highest BCUT2D eigenvalue weighted by atomic mass is 35.5. The molecule has 2 rings (SSSR count). The van der Waals surface area contributed by atoms with Gasteiger partial charge in [0.15, 0.2) is 0 Å². The van der Waals surface area contributed by atoms with Crippen LogP contribution < -0.4 is 5.32 Å². The van der Waals surface area contributed by atoms with E-state index in [0.29, 0.717) is 17.5 Å². The molecule has 0 radical (unpaired) electrons. The topological polar surface area (TPSA) is 35.5 Å². The molecule has 3 nitrogen and oxygen atoms in total. The summed E-state index contributed by atoms with van der Waals surface area (Å²) in [5, 5.41) is 13.5. The van der Waals surface area contributed by atoms with Crippen molar-refractivity contribution >= 4 is 12.4 Å². The fourth-order valence-corrected chi connectivity index (χ4v) is 2.64. The van der Waals surface area contributed by atoms with Crippen molar-refractivity contribution in [2.24, 2.45) is 0 Å². The van der Waals surface area contributed by atoms with Crippen LogP contribution in [0.3, 0.4) is 0 Å². The van der Waals surface area contributed by atoms with Crippen molar-refractivity contribution in [3.05, 3.63) is 41.7 Å². The summed E-state index contributed by atoms with van der Waals surface area (Å²) < 4.78 is 13.6. The van der Waals surface area contributed by atoms with E-state index >= 15 is 0 Å². The van der Waals surface area contributed by atoms with Crippen LogP contribution in [0.25, 0.3) is 0 Å². The van der Waals surface area contributed by atoms with Crippen LogP contribution in [-0.2, 0) is 0 Å². The maximum Gasteiger partial charge on any atom is 0.124 e. The highest BCUT2D eigenvalue weighted by Crippen LogP contribution is 2.34. The van der Waals surface area contributed by atoms with Crippen molar-refractivity contribution in [3.63, 3.8) is 0 Å². The number of nitrogens with one attached hydrogen (secondary N) is 1. The highest BCUT2D eigenvalue weighted by Gasteiger charge is 2.24. The van der Waals surface area contributed by atoms with Crippen molar-refractivity contribution in [3.8, 4) is 5.75 Å². The van der Waals surface area contributed by atoms with Gasteiger partial charge >= 0.3 is 0 Å². The Bertz CT molecular complexity index is 461. The second-order valence-corrected chi connectivity index (χ2v) is 4.99. The van der Waals surface area contributed by atoms with E-state index in [1.807, 2.05) is 6.08 Å². The third-order valence-electron chi connectivity index (χ3n) is 3.64. The van der Waals surface area contributed by atoms with Crippen LogP contribution in [0.2, 0.25) is 0 Å². The van der Waals surface area contributed by atoms with Gasteiger partial charge in [0.05, 0.1) is 0 Å². The van der Waals surface area contributed by atoms with Gasteiger partial charge in [0, 0.05) is 37.8 Å². The standard InChI is InChI=1S/C15H21FN2O.ClH/c1-3-4-14(18-7-5-17-6-8-18)13-10-12(16)9-11(2)15(13)19;/h3,9-10,14,17,19H,1,4-8H2,2H3;1H/t14-;/m1./s1. The predicted molar refractivity (Wildman–Crippen MR) is 82.0 cm³/mol. The van der Waals surface area contributed by atoms with Gasteiger partial charge < -0.3 is 10.4 Å². The molecule has 5 heteroatoms. The summed E-state index contributed by atoms with van der Waals surface area (Å²) in [7, 11) is 0. The van der Waals surface area contributed by atoms with Gasteiger partial charge in [-0.2, -0.15) is 0 Å². The van der Waals surface area contributed by atoms with E-state index in [4.69, 9.17) is 0 Å². The molecule has 0 spiro atoms. The molecule has 0 unspecified atom stereocenters. The molecule has 1 fully saturated rings. The number of rotatable bonds is 4. The zero-order chi connectivity index (χ0) is 13.8. The number of hydrogen-bond donors (Lipinski definition) is 2. The molecule has 20 heavy (non-hydrogen) atoms. The summed E-state index contributed by atoms with van der Waals surface area (Å²) >= 11 is 0. The summed E-state index contributed by atoms with van der Waals surface area (Å²) in [4.78, 5) is 2.27. The Kier molecular flexibility index (Phi) is 6.46. The van der Waals surface area contributed by atoms with Gasteiger partial charge in [-0.25, -0.2) is 4.39 Å². The summed E-state index contributed by atoms with van der Waals surface area (Å²) in [6.07, 6.45) is 2.53. The van der Waals surface area contributed by atoms with Gasteiger partial charge in [0.2, 0.25) is 0 Å². The normalized spacial score (nSPS) is 17.3. The monoisotopic (exact) mass is 300 g/mol. The minimum Gasteiger partial charge on any atom is -0.507 e. The second kappa shape index (κ2) is 7.62. The molecular formula is C15H22ClFN2O. The summed E-state index contributed by atoms with van der Waals surface area (Å²) in [6, 6.07) is 2.80.